The lowest BCUT2D eigenvalue weighted by Crippen LogP contribution is -2.27. The predicted octanol–water partition coefficient (Wildman–Crippen LogP) is 3.67. The first-order chi connectivity index (χ1) is 9.56. The molecule has 118 valence electrons. The van der Waals surface area contributed by atoms with Crippen molar-refractivity contribution in [1.29, 1.82) is 0 Å². The van der Waals surface area contributed by atoms with Crippen molar-refractivity contribution in [3.8, 4) is 0 Å². The first kappa shape index (κ1) is 17.3. The molecule has 0 spiro atoms. The summed E-state index contributed by atoms with van der Waals surface area (Å²) in [6.07, 6.45) is 8.81. The summed E-state index contributed by atoms with van der Waals surface area (Å²) in [6.45, 7) is 3.34. The molecular formula is C15H27F2NO2. The van der Waals surface area contributed by atoms with Crippen LogP contribution in [0.4, 0.5) is 8.78 Å². The van der Waals surface area contributed by atoms with Crippen LogP contribution in [0.3, 0.4) is 0 Å². The van der Waals surface area contributed by atoms with Crippen LogP contribution in [0, 0.1) is 0 Å². The van der Waals surface area contributed by atoms with Crippen LogP contribution >= 0.6 is 0 Å². The van der Waals surface area contributed by atoms with Gasteiger partial charge in [-0.3, -0.25) is 0 Å². The molecule has 5 heteroatoms. The second kappa shape index (κ2) is 9.27. The lowest BCUT2D eigenvalue weighted by atomic mass is 10.1. The maximum Gasteiger partial charge on any atom is 0.377 e. The normalized spacial score (nSPS) is 21.1. The summed E-state index contributed by atoms with van der Waals surface area (Å²) in [5, 5.41) is 3.09. The predicted molar refractivity (Wildman–Crippen MR) is 74.9 cm³/mol. The first-order valence-electron chi connectivity index (χ1n) is 7.86. The first-order valence-corrected chi connectivity index (χ1v) is 7.86. The van der Waals surface area contributed by atoms with Crippen molar-refractivity contribution in [2.24, 2.45) is 0 Å². The van der Waals surface area contributed by atoms with E-state index in [1.54, 1.807) is 0 Å². The summed E-state index contributed by atoms with van der Waals surface area (Å²) in [7, 11) is 0. The number of hydrogen-bond donors (Lipinski definition) is 1. The zero-order valence-corrected chi connectivity index (χ0v) is 12.4. The minimum absolute atomic E-state index is 0.331. The Morgan fingerprint density at radius 1 is 1.15 bits per heavy atom. The van der Waals surface area contributed by atoms with Gasteiger partial charge in [0.25, 0.3) is 0 Å². The number of hydrogen-bond acceptors (Lipinski definition) is 3. The summed E-state index contributed by atoms with van der Waals surface area (Å²) in [4.78, 5) is 10.8. The highest BCUT2D eigenvalue weighted by Gasteiger charge is 2.50. The van der Waals surface area contributed by atoms with Gasteiger partial charge in [0.1, 0.15) is 6.10 Å². The molecule has 0 aromatic heterocycles. The Morgan fingerprint density at radius 3 is 2.30 bits per heavy atom. The van der Waals surface area contributed by atoms with E-state index < -0.39 is 24.4 Å². The third-order valence-corrected chi connectivity index (χ3v) is 3.64. The van der Waals surface area contributed by atoms with Gasteiger partial charge in [-0.05, 0) is 13.0 Å². The third-order valence-electron chi connectivity index (χ3n) is 3.64. The fraction of sp³-hybridized carbons (Fsp3) is 0.933. The van der Waals surface area contributed by atoms with Crippen molar-refractivity contribution in [3.63, 3.8) is 0 Å². The van der Waals surface area contributed by atoms with Crippen LogP contribution in [0.15, 0.2) is 0 Å². The van der Waals surface area contributed by atoms with Crippen molar-refractivity contribution in [3.05, 3.63) is 0 Å². The average Bonchev–Trinajstić information content (AvgIpc) is 2.65. The number of carbonyl (C=O) groups is 1. The van der Waals surface area contributed by atoms with Crippen LogP contribution in [-0.2, 0) is 9.53 Å². The highest BCUT2D eigenvalue weighted by Crippen LogP contribution is 2.30. The van der Waals surface area contributed by atoms with Crippen LogP contribution in [0.2, 0.25) is 0 Å². The van der Waals surface area contributed by atoms with Crippen LogP contribution in [0.1, 0.15) is 64.7 Å². The molecule has 1 aliphatic heterocycles. The highest BCUT2D eigenvalue weighted by molar-refractivity contribution is 5.79. The molecule has 1 atom stereocenters. The van der Waals surface area contributed by atoms with Crippen molar-refractivity contribution in [1.82, 2.24) is 5.32 Å². The van der Waals surface area contributed by atoms with E-state index in [1.165, 1.54) is 44.9 Å². The number of cyclic esters (lactones) is 1. The molecular weight excluding hydrogens is 264 g/mol. The smallest absolute Gasteiger partial charge is 0.377 e. The van der Waals surface area contributed by atoms with Crippen molar-refractivity contribution >= 4 is 5.97 Å². The molecule has 0 aromatic carbocycles. The third kappa shape index (κ3) is 6.64. The van der Waals surface area contributed by atoms with Gasteiger partial charge in [-0.2, -0.15) is 8.78 Å². The van der Waals surface area contributed by atoms with Gasteiger partial charge in [0.15, 0.2) is 0 Å². The molecule has 0 aromatic rings. The van der Waals surface area contributed by atoms with E-state index in [1.807, 2.05) is 0 Å². The maximum atomic E-state index is 12.9. The van der Waals surface area contributed by atoms with Gasteiger partial charge in [-0.25, -0.2) is 4.79 Å². The van der Waals surface area contributed by atoms with Crippen LogP contribution in [-0.4, -0.2) is 31.1 Å². The second-order valence-corrected chi connectivity index (χ2v) is 5.61. The van der Waals surface area contributed by atoms with Gasteiger partial charge in [-0.1, -0.05) is 51.9 Å². The largest absolute Gasteiger partial charge is 0.456 e. The van der Waals surface area contributed by atoms with E-state index in [-0.39, 0.29) is 0 Å². The molecule has 1 N–H and O–H groups in total. The lowest BCUT2D eigenvalue weighted by molar-refractivity contribution is -0.159. The van der Waals surface area contributed by atoms with E-state index >= 15 is 0 Å². The summed E-state index contributed by atoms with van der Waals surface area (Å²) >= 11 is 0. The minimum atomic E-state index is -3.29. The number of esters is 1. The molecule has 0 aliphatic carbocycles. The molecule has 0 bridgehead atoms. The molecule has 0 radical (unpaired) electrons. The second-order valence-electron chi connectivity index (χ2n) is 5.61. The molecule has 20 heavy (non-hydrogen) atoms. The zero-order chi connectivity index (χ0) is 14.8. The number of carbonyl (C=O) groups excluding carboxylic acids is 1. The molecule has 1 rings (SSSR count). The Kier molecular flexibility index (Phi) is 8.04. The van der Waals surface area contributed by atoms with Crippen LogP contribution < -0.4 is 5.32 Å². The molecule has 0 saturated carbocycles. The topological polar surface area (TPSA) is 38.3 Å². The molecule has 0 amide bonds. The van der Waals surface area contributed by atoms with Gasteiger partial charge in [0.2, 0.25) is 0 Å². The summed E-state index contributed by atoms with van der Waals surface area (Å²) in [5.41, 5.74) is 0. The van der Waals surface area contributed by atoms with E-state index in [0.29, 0.717) is 6.54 Å². The Bertz CT molecular complexity index is 285. The number of halogens is 2. The molecule has 1 aliphatic rings. The Hall–Kier alpha value is -0.710. The monoisotopic (exact) mass is 291 g/mol. The van der Waals surface area contributed by atoms with E-state index in [4.69, 9.17) is 0 Å². The number of ether oxygens (including phenoxy) is 1. The number of rotatable bonds is 11. The van der Waals surface area contributed by atoms with Gasteiger partial charge < -0.3 is 10.1 Å². The molecule has 1 unspecified atom stereocenters. The van der Waals surface area contributed by atoms with Gasteiger partial charge >= 0.3 is 11.9 Å². The van der Waals surface area contributed by atoms with E-state index in [9.17, 15) is 13.6 Å². The Labute approximate surface area is 120 Å². The zero-order valence-electron chi connectivity index (χ0n) is 12.4. The fourth-order valence-electron chi connectivity index (χ4n) is 2.41. The Balaban J connectivity index is 1.87. The number of nitrogens with one attached hydrogen (secondary N) is 1. The highest BCUT2D eigenvalue weighted by atomic mass is 19.3. The van der Waals surface area contributed by atoms with Gasteiger partial charge in [0.05, 0.1) is 6.42 Å². The maximum absolute atomic E-state index is 12.9. The molecule has 1 heterocycles. The van der Waals surface area contributed by atoms with Gasteiger partial charge in [-0.15, -0.1) is 0 Å². The number of alkyl halides is 2. The summed E-state index contributed by atoms with van der Waals surface area (Å²) < 4.78 is 30.4. The lowest BCUT2D eigenvalue weighted by Gasteiger charge is -2.09. The SMILES string of the molecule is CCCCCCCCCCNCC1CC(F)(F)C(=O)O1. The van der Waals surface area contributed by atoms with Gasteiger partial charge in [0, 0.05) is 6.54 Å². The van der Waals surface area contributed by atoms with E-state index in [0.717, 1.165) is 13.0 Å². The minimum Gasteiger partial charge on any atom is -0.456 e. The van der Waals surface area contributed by atoms with Crippen molar-refractivity contribution in [2.75, 3.05) is 13.1 Å². The quantitative estimate of drug-likeness (QED) is 0.466. The molecule has 1 saturated heterocycles. The fourth-order valence-corrected chi connectivity index (χ4v) is 2.41. The van der Waals surface area contributed by atoms with Crippen LogP contribution in [0.25, 0.3) is 0 Å². The summed E-state index contributed by atoms with van der Waals surface area (Å²) in [5.74, 6) is -4.67. The Morgan fingerprint density at radius 2 is 1.75 bits per heavy atom. The molecule has 1 fully saturated rings. The van der Waals surface area contributed by atoms with Crippen molar-refractivity contribution in [2.45, 2.75) is 76.7 Å². The van der Waals surface area contributed by atoms with E-state index in [2.05, 4.69) is 17.0 Å². The average molecular weight is 291 g/mol. The number of unbranched alkanes of at least 4 members (excludes halogenated alkanes) is 7. The molecule has 3 nitrogen and oxygen atoms in total. The van der Waals surface area contributed by atoms with Crippen molar-refractivity contribution < 1.29 is 18.3 Å². The summed E-state index contributed by atoms with van der Waals surface area (Å²) in [6, 6.07) is 0. The standard InChI is InChI=1S/C15H27F2NO2/c1-2-3-4-5-6-7-8-9-10-18-12-13-11-15(16,17)14(19)20-13/h13,18H,2-12H2,1H3. The van der Waals surface area contributed by atoms with Crippen LogP contribution in [0.5, 0.6) is 0 Å².